The zero-order valence-electron chi connectivity index (χ0n) is 47.6. The van der Waals surface area contributed by atoms with Gasteiger partial charge in [-0.2, -0.15) is 0 Å². The minimum Gasteiger partial charge on any atom is -0.310 e. The Morgan fingerprint density at radius 3 is 1.14 bits per heavy atom. The largest absolute Gasteiger partial charge is 0.310 e. The molecule has 2 nitrogen and oxygen atoms in total. The number of nitrogens with zero attached hydrogens (tertiary/aromatic N) is 2. The van der Waals surface area contributed by atoms with E-state index in [1.54, 1.807) is 0 Å². The van der Waals surface area contributed by atoms with Crippen LogP contribution >= 0.6 is 0 Å². The highest BCUT2D eigenvalue weighted by atomic mass is 15.2. The van der Waals surface area contributed by atoms with Crippen molar-refractivity contribution in [3.63, 3.8) is 0 Å². The van der Waals surface area contributed by atoms with Gasteiger partial charge in [0.1, 0.15) is 0 Å². The summed E-state index contributed by atoms with van der Waals surface area (Å²) in [6.45, 7) is 16.8. The topological polar surface area (TPSA) is 6.48 Å². The lowest BCUT2D eigenvalue weighted by Gasteiger charge is -2.46. The van der Waals surface area contributed by atoms with Crippen LogP contribution in [0.4, 0.5) is 34.1 Å². The molecular weight excluding hydrogens is 976 g/mol. The van der Waals surface area contributed by atoms with E-state index in [9.17, 15) is 0 Å². The van der Waals surface area contributed by atoms with Crippen molar-refractivity contribution in [2.45, 2.75) is 77.6 Å². The maximum Gasteiger partial charge on any atom is 0.252 e. The third-order valence-electron chi connectivity index (χ3n) is 18.1. The summed E-state index contributed by atoms with van der Waals surface area (Å²) in [6, 6.07) is 96.1. The van der Waals surface area contributed by atoms with Crippen LogP contribution in [0.25, 0.3) is 66.8 Å². The highest BCUT2D eigenvalue weighted by Crippen LogP contribution is 2.55. The summed E-state index contributed by atoms with van der Waals surface area (Å²) in [4.78, 5) is 5.36. The number of para-hydroxylation sites is 2. The van der Waals surface area contributed by atoms with Crippen molar-refractivity contribution in [3.05, 3.63) is 271 Å². The van der Waals surface area contributed by atoms with Crippen molar-refractivity contribution in [2.24, 2.45) is 0 Å². The maximum absolute atomic E-state index is 2.69. The number of benzene rings is 11. The van der Waals surface area contributed by atoms with Gasteiger partial charge in [-0.15, -0.1) is 0 Å². The molecule has 0 spiro atoms. The molecule has 3 aliphatic rings. The molecule has 3 heteroatoms. The van der Waals surface area contributed by atoms with E-state index in [1.807, 2.05) is 0 Å². The summed E-state index contributed by atoms with van der Waals surface area (Å²) in [5.41, 5.74) is 29.5. The van der Waals surface area contributed by atoms with Crippen LogP contribution in [0.5, 0.6) is 0 Å². The number of anilines is 6. The van der Waals surface area contributed by atoms with E-state index in [1.165, 1.54) is 128 Å². The standard InChI is InChI=1S/C78H67BN2/c1-76(2,3)59-50-70-73-71(51-59)81(75-63(55-32-19-11-20-33-55)39-24-40-64(75)56-34-21-12-22-35-56)69-45-43-58(60-36-25-41-65-72(60)78(6,7)47-46-77(65,4)5)49-67(69)79(73)66-48-57(52-26-13-8-14-27-52)42-44-68(66)80(70)74-61(53-28-15-9-16-29-53)37-23-38-62(74)54-30-17-10-18-31-54/h8-45,48-51H,46-47H2,1-7H3. The molecule has 0 N–H and O–H groups in total. The van der Waals surface area contributed by atoms with Crippen LogP contribution in [-0.2, 0) is 16.2 Å². The summed E-state index contributed by atoms with van der Waals surface area (Å²) in [7, 11) is 0. The molecule has 0 bridgehead atoms. The van der Waals surface area contributed by atoms with Crippen LogP contribution in [0.2, 0.25) is 0 Å². The summed E-state index contributed by atoms with van der Waals surface area (Å²) in [5.74, 6) is 0. The molecule has 14 rings (SSSR count). The predicted octanol–water partition coefficient (Wildman–Crippen LogP) is 19.4. The summed E-state index contributed by atoms with van der Waals surface area (Å²) in [5, 5.41) is 0. The molecule has 392 valence electrons. The van der Waals surface area contributed by atoms with Crippen LogP contribution in [0.1, 0.15) is 78.0 Å². The third-order valence-corrected chi connectivity index (χ3v) is 18.1. The first kappa shape index (κ1) is 50.3. The van der Waals surface area contributed by atoms with E-state index in [-0.39, 0.29) is 23.0 Å². The molecule has 0 aromatic heterocycles. The fourth-order valence-corrected chi connectivity index (χ4v) is 13.8. The highest BCUT2D eigenvalue weighted by molar-refractivity contribution is 7.00. The van der Waals surface area contributed by atoms with Gasteiger partial charge in [0, 0.05) is 45.0 Å². The monoisotopic (exact) mass is 1040 g/mol. The first-order chi connectivity index (χ1) is 39.3. The second kappa shape index (κ2) is 19.4. The molecule has 0 radical (unpaired) electrons. The van der Waals surface area contributed by atoms with Gasteiger partial charge in [-0.25, -0.2) is 0 Å². The first-order valence-electron chi connectivity index (χ1n) is 29.1. The summed E-state index contributed by atoms with van der Waals surface area (Å²) in [6.07, 6.45) is 2.30. The van der Waals surface area contributed by atoms with Crippen molar-refractivity contribution in [1.82, 2.24) is 0 Å². The van der Waals surface area contributed by atoms with Gasteiger partial charge in [-0.05, 0) is 131 Å². The van der Waals surface area contributed by atoms with Crippen LogP contribution in [-0.4, -0.2) is 6.71 Å². The Labute approximate surface area is 480 Å². The number of fused-ring (bicyclic) bond motifs is 5. The maximum atomic E-state index is 2.69. The van der Waals surface area contributed by atoms with Gasteiger partial charge in [0.05, 0.1) is 11.4 Å². The van der Waals surface area contributed by atoms with Gasteiger partial charge in [-0.1, -0.05) is 279 Å². The molecule has 0 unspecified atom stereocenters. The Balaban J connectivity index is 1.17. The SMILES string of the molecule is CC(C)(C)c1cc2c3c(c1)N(c1c(-c4ccccc4)cccc1-c1ccccc1)c1ccc(-c4cccc5c4C(C)(C)CCC5(C)C)cc1B3c1cc(-c3ccccc3)ccc1N2c1c(-c2ccccc2)cccc1-c1ccccc1. The summed E-state index contributed by atoms with van der Waals surface area (Å²) < 4.78 is 0. The third kappa shape index (κ3) is 8.47. The van der Waals surface area contributed by atoms with Gasteiger partial charge in [-0.3, -0.25) is 0 Å². The van der Waals surface area contributed by atoms with E-state index >= 15 is 0 Å². The van der Waals surface area contributed by atoms with Crippen LogP contribution in [0, 0.1) is 0 Å². The Hall–Kier alpha value is -8.92. The molecule has 11 aromatic carbocycles. The average Bonchev–Trinajstić information content (AvgIpc) is 2.52. The lowest BCUT2D eigenvalue weighted by atomic mass is 9.33. The summed E-state index contributed by atoms with van der Waals surface area (Å²) >= 11 is 0. The fourth-order valence-electron chi connectivity index (χ4n) is 13.8. The second-order valence-corrected chi connectivity index (χ2v) is 25.1. The highest BCUT2D eigenvalue weighted by Gasteiger charge is 2.47. The van der Waals surface area contributed by atoms with Crippen LogP contribution < -0.4 is 26.2 Å². The van der Waals surface area contributed by atoms with Crippen LogP contribution in [0.15, 0.2) is 255 Å². The Morgan fingerprint density at radius 1 is 0.333 bits per heavy atom. The lowest BCUT2D eigenvalue weighted by molar-refractivity contribution is 0.333. The normalized spacial score (nSPS) is 14.6. The van der Waals surface area contributed by atoms with Crippen molar-refractivity contribution in [1.29, 1.82) is 0 Å². The van der Waals surface area contributed by atoms with Gasteiger partial charge in [0.2, 0.25) is 0 Å². The minimum atomic E-state index is -0.227. The molecule has 0 atom stereocenters. The van der Waals surface area contributed by atoms with E-state index in [4.69, 9.17) is 0 Å². The number of hydrogen-bond donors (Lipinski definition) is 0. The molecule has 0 amide bonds. The molecule has 81 heavy (non-hydrogen) atoms. The quantitative estimate of drug-likeness (QED) is 0.140. The molecule has 11 aromatic rings. The zero-order chi connectivity index (χ0) is 55.2. The molecule has 0 saturated heterocycles. The Kier molecular flexibility index (Phi) is 12.1. The number of rotatable bonds is 8. The average molecular weight is 1040 g/mol. The lowest BCUT2D eigenvalue weighted by Crippen LogP contribution is -2.61. The Bertz CT molecular complexity index is 4060. The van der Waals surface area contributed by atoms with Crippen molar-refractivity contribution in [2.75, 3.05) is 9.80 Å². The molecule has 0 fully saturated rings. The zero-order valence-corrected chi connectivity index (χ0v) is 47.6. The van der Waals surface area contributed by atoms with E-state index in [2.05, 4.69) is 313 Å². The predicted molar refractivity (Wildman–Crippen MR) is 347 cm³/mol. The van der Waals surface area contributed by atoms with E-state index in [0.29, 0.717) is 0 Å². The van der Waals surface area contributed by atoms with Crippen molar-refractivity contribution >= 4 is 57.2 Å². The van der Waals surface area contributed by atoms with Crippen molar-refractivity contribution in [3.8, 4) is 66.8 Å². The molecule has 2 heterocycles. The van der Waals surface area contributed by atoms with Gasteiger partial charge < -0.3 is 9.80 Å². The minimum absolute atomic E-state index is 0.00313. The van der Waals surface area contributed by atoms with Gasteiger partial charge >= 0.3 is 0 Å². The molecule has 2 aliphatic heterocycles. The van der Waals surface area contributed by atoms with Gasteiger partial charge in [0.15, 0.2) is 0 Å². The smallest absolute Gasteiger partial charge is 0.252 e. The van der Waals surface area contributed by atoms with Crippen LogP contribution in [0.3, 0.4) is 0 Å². The Morgan fingerprint density at radius 2 is 0.704 bits per heavy atom. The molecule has 1 aliphatic carbocycles. The van der Waals surface area contributed by atoms with E-state index in [0.717, 1.165) is 18.5 Å². The van der Waals surface area contributed by atoms with E-state index < -0.39 is 0 Å². The molecule has 0 saturated carbocycles. The molecular formula is C78H67BN2. The van der Waals surface area contributed by atoms with Gasteiger partial charge in [0.25, 0.3) is 6.71 Å². The first-order valence-corrected chi connectivity index (χ1v) is 29.1. The fraction of sp³-hybridized carbons (Fsp3) is 0.154. The second-order valence-electron chi connectivity index (χ2n) is 25.1. The number of hydrogen-bond acceptors (Lipinski definition) is 2. The van der Waals surface area contributed by atoms with Crippen molar-refractivity contribution < 1.29 is 0 Å².